The first-order valence-corrected chi connectivity index (χ1v) is 38.7. The molecular weight excluding hydrogens is 1160 g/mol. The van der Waals surface area contributed by atoms with Gasteiger partial charge < -0.3 is 33.8 Å². The number of hydrogen-bond donors (Lipinski definition) is 3. The third-order valence-electron chi connectivity index (χ3n) is 15.8. The smallest absolute Gasteiger partial charge is 0.462 e. The van der Waals surface area contributed by atoms with Crippen molar-refractivity contribution in [1.82, 2.24) is 0 Å². The van der Waals surface area contributed by atoms with Crippen molar-refractivity contribution >= 4 is 39.5 Å². The fourth-order valence-corrected chi connectivity index (χ4v) is 11.9. The molecule has 0 radical (unpaired) electrons. The lowest BCUT2D eigenvalue weighted by Crippen LogP contribution is -2.30. The molecular formula is C69H134O17P2. The van der Waals surface area contributed by atoms with E-state index in [1.54, 1.807) is 0 Å². The fraction of sp³-hybridized carbons (Fsp3) is 0.942. The van der Waals surface area contributed by atoms with Crippen LogP contribution < -0.4 is 0 Å². The molecule has 0 aromatic carbocycles. The lowest BCUT2D eigenvalue weighted by molar-refractivity contribution is -0.161. The van der Waals surface area contributed by atoms with Crippen molar-refractivity contribution < 1.29 is 80.2 Å². The predicted octanol–water partition coefficient (Wildman–Crippen LogP) is 19.3. The molecule has 0 aliphatic heterocycles. The molecule has 3 N–H and O–H groups in total. The molecule has 0 saturated heterocycles. The number of ether oxygens (including phenoxy) is 4. The second kappa shape index (κ2) is 58.8. The summed E-state index contributed by atoms with van der Waals surface area (Å²) in [6.45, 7) is 14.0. The summed E-state index contributed by atoms with van der Waals surface area (Å²) in [7, 11) is -9.90. The molecule has 2 unspecified atom stereocenters. The average Bonchev–Trinajstić information content (AvgIpc) is 3.68. The Morgan fingerprint density at radius 1 is 0.284 bits per heavy atom. The molecule has 0 rings (SSSR count). The van der Waals surface area contributed by atoms with E-state index in [0.29, 0.717) is 37.5 Å². The molecule has 522 valence electrons. The number of hydrogen-bond acceptors (Lipinski definition) is 15. The van der Waals surface area contributed by atoms with E-state index in [0.717, 1.165) is 115 Å². The van der Waals surface area contributed by atoms with Crippen LogP contribution in [0.15, 0.2) is 0 Å². The third-order valence-corrected chi connectivity index (χ3v) is 17.7. The van der Waals surface area contributed by atoms with Gasteiger partial charge >= 0.3 is 39.5 Å². The molecule has 0 aliphatic carbocycles. The molecule has 0 spiro atoms. The van der Waals surface area contributed by atoms with Gasteiger partial charge in [-0.05, 0) is 49.4 Å². The van der Waals surface area contributed by atoms with Gasteiger partial charge in [0.05, 0.1) is 26.4 Å². The van der Waals surface area contributed by atoms with Gasteiger partial charge in [0.25, 0.3) is 0 Å². The second-order valence-corrected chi connectivity index (χ2v) is 29.7. The van der Waals surface area contributed by atoms with Crippen molar-refractivity contribution in [3.05, 3.63) is 0 Å². The van der Waals surface area contributed by atoms with Crippen molar-refractivity contribution in [2.24, 2.45) is 23.7 Å². The molecule has 0 amide bonds. The summed E-state index contributed by atoms with van der Waals surface area (Å²) in [6, 6.07) is 0. The summed E-state index contributed by atoms with van der Waals surface area (Å²) in [4.78, 5) is 72.4. The molecule has 5 atom stereocenters. The van der Waals surface area contributed by atoms with E-state index in [1.807, 2.05) is 0 Å². The summed E-state index contributed by atoms with van der Waals surface area (Å²) in [6.07, 6.45) is 40.5. The summed E-state index contributed by atoms with van der Waals surface area (Å²) < 4.78 is 68.2. The summed E-state index contributed by atoms with van der Waals surface area (Å²) in [5.41, 5.74) is 0. The Kier molecular flexibility index (Phi) is 57.6. The molecule has 0 aromatic heterocycles. The fourth-order valence-electron chi connectivity index (χ4n) is 10.3. The van der Waals surface area contributed by atoms with Crippen molar-refractivity contribution in [2.75, 3.05) is 39.6 Å². The Balaban J connectivity index is 5.23. The molecule has 0 aromatic rings. The second-order valence-electron chi connectivity index (χ2n) is 26.8. The minimum absolute atomic E-state index is 0.104. The van der Waals surface area contributed by atoms with Crippen LogP contribution in [-0.4, -0.2) is 96.7 Å². The Bertz CT molecular complexity index is 1750. The lowest BCUT2D eigenvalue weighted by Gasteiger charge is -2.21. The number of rotatable bonds is 66. The Hall–Kier alpha value is -1.94. The molecule has 88 heavy (non-hydrogen) atoms. The highest BCUT2D eigenvalue weighted by Gasteiger charge is 2.30. The van der Waals surface area contributed by atoms with Gasteiger partial charge in [-0.25, -0.2) is 9.13 Å². The zero-order valence-corrected chi connectivity index (χ0v) is 59.1. The van der Waals surface area contributed by atoms with Crippen LogP contribution in [0, 0.1) is 23.7 Å². The molecule has 17 nitrogen and oxygen atoms in total. The Morgan fingerprint density at radius 2 is 0.477 bits per heavy atom. The van der Waals surface area contributed by atoms with Gasteiger partial charge in [0.15, 0.2) is 12.2 Å². The SMILES string of the molecule is CC(C)CCCCCCCCCCCCCCCC(=O)O[C@H](COC(=O)CCCCCCCCCC(C)C)COP(=O)(O)OC[C@@H](O)COP(=O)(O)OC[C@@H](COC(=O)CCCCCCCCC(C)C)OC(=O)CCCCCCCCCCCCC(C)C. The van der Waals surface area contributed by atoms with E-state index in [1.165, 1.54) is 128 Å². The quantitative estimate of drug-likeness (QED) is 0.0222. The number of unbranched alkanes of at least 4 members (excludes halogenated alkanes) is 32. The van der Waals surface area contributed by atoms with E-state index in [9.17, 15) is 43.2 Å². The number of phosphoric ester groups is 2. The molecule has 0 saturated carbocycles. The maximum Gasteiger partial charge on any atom is 0.472 e. The third kappa shape index (κ3) is 62.8. The summed E-state index contributed by atoms with van der Waals surface area (Å²) >= 11 is 0. The highest BCUT2D eigenvalue weighted by Crippen LogP contribution is 2.45. The number of aliphatic hydroxyl groups excluding tert-OH is 1. The van der Waals surface area contributed by atoms with E-state index < -0.39 is 97.5 Å². The van der Waals surface area contributed by atoms with Crippen molar-refractivity contribution in [2.45, 2.75) is 356 Å². The summed E-state index contributed by atoms with van der Waals surface area (Å²) in [5, 5.41) is 10.6. The minimum Gasteiger partial charge on any atom is -0.462 e. The van der Waals surface area contributed by atoms with Crippen LogP contribution in [0.5, 0.6) is 0 Å². The van der Waals surface area contributed by atoms with E-state index in [2.05, 4.69) is 55.4 Å². The van der Waals surface area contributed by atoms with E-state index >= 15 is 0 Å². The van der Waals surface area contributed by atoms with Gasteiger partial charge in [0.1, 0.15) is 19.3 Å². The maximum atomic E-state index is 13.0. The molecule has 19 heteroatoms. The standard InChI is InChI=1S/C69H134O17P2/c1-59(2)45-37-29-21-16-12-10-9-11-13-18-24-35-43-51-68(73)85-64(55-79-66(71)49-41-33-26-20-23-31-39-47-61(5)6)57-83-87(75,76)81-53-63(70)54-82-88(77,78)84-58-65(56-80-67(72)50-42-34-28-27-32-40-48-62(7)8)86-69(74)52-44-36-25-19-15-14-17-22-30-38-46-60(3)4/h59-65,70H,9-58H2,1-8H3,(H,75,76)(H,77,78)/t63-,64-,65-/m1/s1. The van der Waals surface area contributed by atoms with Gasteiger partial charge in [-0.2, -0.15) is 0 Å². The lowest BCUT2D eigenvalue weighted by atomic mass is 10.0. The van der Waals surface area contributed by atoms with Crippen LogP contribution >= 0.6 is 15.6 Å². The first kappa shape index (κ1) is 86.1. The number of esters is 4. The van der Waals surface area contributed by atoms with Gasteiger partial charge in [0.2, 0.25) is 0 Å². The molecule has 0 heterocycles. The van der Waals surface area contributed by atoms with Crippen LogP contribution in [0.1, 0.15) is 338 Å². The maximum absolute atomic E-state index is 13.0. The van der Waals surface area contributed by atoms with E-state index in [-0.39, 0.29) is 25.7 Å². The van der Waals surface area contributed by atoms with Crippen molar-refractivity contribution in [3.8, 4) is 0 Å². The number of carbonyl (C=O) groups is 4. The van der Waals surface area contributed by atoms with Gasteiger partial charge in [0, 0.05) is 25.7 Å². The van der Waals surface area contributed by atoms with Crippen LogP contribution in [0.4, 0.5) is 0 Å². The first-order valence-electron chi connectivity index (χ1n) is 35.7. The Labute approximate surface area is 537 Å². The highest BCUT2D eigenvalue weighted by molar-refractivity contribution is 7.47. The number of aliphatic hydroxyl groups is 1. The largest absolute Gasteiger partial charge is 0.472 e. The van der Waals surface area contributed by atoms with Crippen molar-refractivity contribution in [3.63, 3.8) is 0 Å². The molecule has 0 fully saturated rings. The first-order chi connectivity index (χ1) is 42.1. The zero-order valence-electron chi connectivity index (χ0n) is 57.3. The number of phosphoric acid groups is 2. The molecule has 0 aliphatic rings. The monoisotopic (exact) mass is 1300 g/mol. The van der Waals surface area contributed by atoms with Crippen LogP contribution in [0.3, 0.4) is 0 Å². The van der Waals surface area contributed by atoms with Gasteiger partial charge in [-0.3, -0.25) is 37.3 Å². The van der Waals surface area contributed by atoms with Crippen LogP contribution in [0.2, 0.25) is 0 Å². The highest BCUT2D eigenvalue weighted by atomic mass is 31.2. The van der Waals surface area contributed by atoms with Crippen LogP contribution in [0.25, 0.3) is 0 Å². The minimum atomic E-state index is -4.95. The zero-order chi connectivity index (χ0) is 65.4. The topological polar surface area (TPSA) is 237 Å². The van der Waals surface area contributed by atoms with Gasteiger partial charge in [-0.15, -0.1) is 0 Å². The summed E-state index contributed by atoms with van der Waals surface area (Å²) in [5.74, 6) is 0.790. The van der Waals surface area contributed by atoms with Crippen molar-refractivity contribution in [1.29, 1.82) is 0 Å². The normalized spacial score (nSPS) is 14.3. The van der Waals surface area contributed by atoms with Crippen LogP contribution in [-0.2, 0) is 65.4 Å². The van der Waals surface area contributed by atoms with E-state index in [4.69, 9.17) is 37.0 Å². The molecule has 0 bridgehead atoms. The Morgan fingerprint density at radius 3 is 0.705 bits per heavy atom. The average molecular weight is 1300 g/mol. The number of carbonyl (C=O) groups excluding carboxylic acids is 4. The van der Waals surface area contributed by atoms with Gasteiger partial charge in [-0.1, -0.05) is 287 Å². The predicted molar refractivity (Wildman–Crippen MR) is 354 cm³/mol.